The molecule has 96 valence electrons. The third-order valence-electron chi connectivity index (χ3n) is 4.15. The van der Waals surface area contributed by atoms with Gasteiger partial charge in [-0.1, -0.05) is 24.3 Å². The van der Waals surface area contributed by atoms with Gasteiger partial charge in [0.05, 0.1) is 24.3 Å². The van der Waals surface area contributed by atoms with Crippen molar-refractivity contribution >= 4 is 0 Å². The Bertz CT molecular complexity index is 678. The minimum atomic E-state index is -1.17. The topological polar surface area (TPSA) is 95.2 Å². The monoisotopic (exact) mass is 260 g/mol. The van der Waals surface area contributed by atoms with Gasteiger partial charge in [0.1, 0.15) is 5.41 Å². The zero-order chi connectivity index (χ0) is 14.8. The zero-order valence-corrected chi connectivity index (χ0v) is 11.1. The van der Waals surface area contributed by atoms with Gasteiger partial charge in [-0.2, -0.15) is 21.0 Å². The van der Waals surface area contributed by atoms with Gasteiger partial charge >= 0.3 is 0 Å². The second-order valence-electron chi connectivity index (χ2n) is 5.23. The van der Waals surface area contributed by atoms with E-state index in [2.05, 4.69) is 24.3 Å². The maximum Gasteiger partial charge on any atom is 0.168 e. The molecule has 20 heavy (non-hydrogen) atoms. The van der Waals surface area contributed by atoms with Crippen molar-refractivity contribution in [2.75, 3.05) is 0 Å². The molecular weight excluding hydrogens is 248 g/mol. The fraction of sp³-hybridized carbons (Fsp3) is 0.375. The first-order valence-corrected chi connectivity index (χ1v) is 6.31. The Hall–Kier alpha value is -2.82. The first kappa shape index (κ1) is 13.6. The number of benzene rings is 1. The first-order valence-electron chi connectivity index (χ1n) is 6.31. The van der Waals surface area contributed by atoms with Crippen LogP contribution in [0.4, 0.5) is 0 Å². The number of nitriles is 4. The Balaban J connectivity index is 2.67. The molecule has 0 saturated carbocycles. The average molecular weight is 260 g/mol. The van der Waals surface area contributed by atoms with Gasteiger partial charge in [0.15, 0.2) is 5.41 Å². The summed E-state index contributed by atoms with van der Waals surface area (Å²) in [6.45, 7) is 1.61. The van der Waals surface area contributed by atoms with Gasteiger partial charge in [-0.05, 0) is 30.9 Å². The van der Waals surface area contributed by atoms with Crippen LogP contribution in [0.15, 0.2) is 24.3 Å². The molecule has 0 fully saturated rings. The lowest BCUT2D eigenvalue weighted by Gasteiger charge is -2.36. The smallest absolute Gasteiger partial charge is 0.168 e. The van der Waals surface area contributed by atoms with E-state index in [0.29, 0.717) is 18.4 Å². The highest BCUT2D eigenvalue weighted by molar-refractivity contribution is 5.50. The third kappa shape index (κ3) is 1.72. The van der Waals surface area contributed by atoms with Crippen molar-refractivity contribution in [3.63, 3.8) is 0 Å². The van der Waals surface area contributed by atoms with Gasteiger partial charge in [0.25, 0.3) is 0 Å². The molecule has 4 heteroatoms. The molecule has 1 aromatic carbocycles. The predicted octanol–water partition coefficient (Wildman–Crippen LogP) is 2.90. The van der Waals surface area contributed by atoms with Crippen LogP contribution in [0.5, 0.6) is 0 Å². The normalized spacial score (nSPS) is 19.6. The highest BCUT2D eigenvalue weighted by Crippen LogP contribution is 2.49. The second-order valence-corrected chi connectivity index (χ2v) is 5.23. The summed E-state index contributed by atoms with van der Waals surface area (Å²) in [6.07, 6.45) is 0.830. The summed E-state index contributed by atoms with van der Waals surface area (Å²) in [5, 5.41) is 37.4. The van der Waals surface area contributed by atoms with Crippen LogP contribution in [0.2, 0.25) is 0 Å². The molecule has 1 atom stereocenters. The van der Waals surface area contributed by atoms with Crippen LogP contribution in [0.1, 0.15) is 36.8 Å². The number of fused-ring (bicyclic) bond motifs is 1. The predicted molar refractivity (Wildman–Crippen MR) is 70.7 cm³/mol. The highest BCUT2D eigenvalue weighted by atomic mass is 14.5. The van der Waals surface area contributed by atoms with Crippen molar-refractivity contribution in [2.24, 2.45) is 5.41 Å². The molecule has 2 rings (SSSR count). The SMILES string of the molecule is CC(C#N)(C#N)C1CCC(C#N)(C#N)c2ccccc21. The van der Waals surface area contributed by atoms with E-state index in [1.54, 1.807) is 19.1 Å². The van der Waals surface area contributed by atoms with Crippen molar-refractivity contribution in [3.8, 4) is 24.3 Å². The maximum absolute atomic E-state index is 9.39. The van der Waals surface area contributed by atoms with Crippen LogP contribution >= 0.6 is 0 Å². The van der Waals surface area contributed by atoms with Crippen molar-refractivity contribution in [2.45, 2.75) is 31.1 Å². The van der Waals surface area contributed by atoms with Crippen molar-refractivity contribution < 1.29 is 0 Å². The van der Waals surface area contributed by atoms with E-state index in [1.165, 1.54) is 0 Å². The summed E-state index contributed by atoms with van der Waals surface area (Å²) < 4.78 is 0. The van der Waals surface area contributed by atoms with Gasteiger partial charge in [0, 0.05) is 5.92 Å². The molecule has 0 amide bonds. The minimum Gasteiger partial charge on any atom is -0.197 e. The van der Waals surface area contributed by atoms with E-state index in [4.69, 9.17) is 0 Å². The Kier molecular flexibility index (Phi) is 3.19. The summed E-state index contributed by atoms with van der Waals surface area (Å²) in [5.74, 6) is -0.275. The van der Waals surface area contributed by atoms with Gasteiger partial charge in [-0.3, -0.25) is 0 Å². The van der Waals surface area contributed by atoms with Crippen LogP contribution < -0.4 is 0 Å². The van der Waals surface area contributed by atoms with E-state index in [-0.39, 0.29) is 5.92 Å². The van der Waals surface area contributed by atoms with Crippen LogP contribution in [-0.4, -0.2) is 0 Å². The molecule has 0 aromatic heterocycles. The number of nitrogens with zero attached hydrogens (tertiary/aromatic N) is 4. The van der Waals surface area contributed by atoms with E-state index < -0.39 is 10.8 Å². The molecule has 0 aliphatic heterocycles. The Labute approximate surface area is 118 Å². The van der Waals surface area contributed by atoms with Gasteiger partial charge in [-0.25, -0.2) is 0 Å². The molecule has 0 saturated heterocycles. The number of rotatable bonds is 1. The zero-order valence-electron chi connectivity index (χ0n) is 11.1. The largest absolute Gasteiger partial charge is 0.197 e. The van der Waals surface area contributed by atoms with Gasteiger partial charge in [-0.15, -0.1) is 0 Å². The molecule has 1 aliphatic carbocycles. The van der Waals surface area contributed by atoms with E-state index in [9.17, 15) is 21.0 Å². The molecule has 0 spiro atoms. The standard InChI is InChI=1S/C16H12N4/c1-15(8-17,9-18)13-6-7-16(10-19,11-20)14-5-3-2-4-12(13)14/h2-5,13H,6-7H2,1H3. The average Bonchev–Trinajstić information content (AvgIpc) is 2.53. The third-order valence-corrected chi connectivity index (χ3v) is 4.15. The molecule has 0 radical (unpaired) electrons. The van der Waals surface area contributed by atoms with E-state index in [1.807, 2.05) is 12.1 Å². The molecule has 0 heterocycles. The van der Waals surface area contributed by atoms with Crippen LogP contribution in [-0.2, 0) is 5.41 Å². The lowest BCUT2D eigenvalue weighted by atomic mass is 9.62. The van der Waals surface area contributed by atoms with E-state index >= 15 is 0 Å². The molecule has 0 N–H and O–H groups in total. The number of hydrogen-bond donors (Lipinski definition) is 0. The Morgan fingerprint density at radius 2 is 1.70 bits per heavy atom. The van der Waals surface area contributed by atoms with Crippen LogP contribution in [0, 0.1) is 50.7 Å². The minimum absolute atomic E-state index is 0.275. The van der Waals surface area contributed by atoms with Crippen LogP contribution in [0.3, 0.4) is 0 Å². The molecule has 4 nitrogen and oxygen atoms in total. The Morgan fingerprint density at radius 1 is 1.10 bits per heavy atom. The molecule has 1 aromatic rings. The lowest BCUT2D eigenvalue weighted by molar-refractivity contribution is 0.365. The van der Waals surface area contributed by atoms with Gasteiger partial charge in [0.2, 0.25) is 0 Å². The second kappa shape index (κ2) is 4.70. The van der Waals surface area contributed by atoms with Crippen molar-refractivity contribution in [1.82, 2.24) is 0 Å². The molecule has 1 unspecified atom stereocenters. The van der Waals surface area contributed by atoms with Crippen LogP contribution in [0.25, 0.3) is 0 Å². The Morgan fingerprint density at radius 3 is 2.25 bits per heavy atom. The first-order chi connectivity index (χ1) is 9.56. The molecule has 0 bridgehead atoms. The maximum atomic E-state index is 9.39. The van der Waals surface area contributed by atoms with Gasteiger partial charge < -0.3 is 0 Å². The fourth-order valence-electron chi connectivity index (χ4n) is 2.88. The summed E-state index contributed by atoms with van der Waals surface area (Å²) in [6, 6.07) is 15.5. The fourth-order valence-corrected chi connectivity index (χ4v) is 2.88. The van der Waals surface area contributed by atoms with Crippen molar-refractivity contribution in [1.29, 1.82) is 21.0 Å². The number of hydrogen-bond acceptors (Lipinski definition) is 4. The lowest BCUT2D eigenvalue weighted by Crippen LogP contribution is -2.34. The quantitative estimate of drug-likeness (QED) is 0.775. The summed E-state index contributed by atoms with van der Waals surface area (Å²) in [5.41, 5.74) is -0.906. The summed E-state index contributed by atoms with van der Waals surface area (Å²) >= 11 is 0. The molecule has 1 aliphatic rings. The summed E-state index contributed by atoms with van der Waals surface area (Å²) in [4.78, 5) is 0. The highest BCUT2D eigenvalue weighted by Gasteiger charge is 2.46. The van der Waals surface area contributed by atoms with Crippen molar-refractivity contribution in [3.05, 3.63) is 35.4 Å². The molecular formula is C16H12N4. The van der Waals surface area contributed by atoms with E-state index in [0.717, 1.165) is 5.56 Å². The summed E-state index contributed by atoms with van der Waals surface area (Å²) in [7, 11) is 0.